The number of nitro groups is 1. The molecule has 0 unspecified atom stereocenters. The average Bonchev–Trinajstić information content (AvgIpc) is 2.51. The molecule has 0 aliphatic rings. The fourth-order valence-electron chi connectivity index (χ4n) is 1.98. The Labute approximate surface area is 142 Å². The molecule has 0 saturated heterocycles. The molecule has 0 aliphatic heterocycles. The number of non-ortho nitro benzene ring substituents is 1. The highest BCUT2D eigenvalue weighted by atomic mass is 79.9. The molecule has 1 N–H and O–H groups in total. The van der Waals surface area contributed by atoms with Crippen molar-refractivity contribution >= 4 is 33.5 Å². The largest absolute Gasteiger partial charge is 0.507 e. The van der Waals surface area contributed by atoms with Crippen LogP contribution in [0, 0.1) is 10.1 Å². The molecule has 0 heterocycles. The maximum Gasteiger partial charge on any atom is 0.269 e. The van der Waals surface area contributed by atoms with E-state index in [2.05, 4.69) is 21.0 Å². The van der Waals surface area contributed by atoms with Crippen LogP contribution in [0.2, 0.25) is 0 Å². The Balaban J connectivity index is 2.30. The zero-order valence-electron chi connectivity index (χ0n) is 12.7. The summed E-state index contributed by atoms with van der Waals surface area (Å²) in [6.07, 6.45) is 1.56. The lowest BCUT2D eigenvalue weighted by molar-refractivity contribution is -0.384. The molecular formula is C16H16BrN3O3. The third-order valence-corrected chi connectivity index (χ3v) is 3.62. The van der Waals surface area contributed by atoms with Gasteiger partial charge >= 0.3 is 0 Å². The second-order valence-corrected chi connectivity index (χ2v) is 6.08. The van der Waals surface area contributed by atoms with Gasteiger partial charge in [0.1, 0.15) is 5.75 Å². The molecule has 0 bridgehead atoms. The summed E-state index contributed by atoms with van der Waals surface area (Å²) in [6, 6.07) is 11.3. The number of halogens is 1. The van der Waals surface area contributed by atoms with Crippen LogP contribution in [0.5, 0.6) is 5.75 Å². The quantitative estimate of drug-likeness (QED) is 0.478. The standard InChI is InChI=1S/C16H16BrN3O3/c1-11(2)19(14-4-6-15(7-5-14)20(22)23)18-10-12-9-13(17)3-8-16(12)21/h3-11,21H,1-2H3/b18-10-. The van der Waals surface area contributed by atoms with Crippen LogP contribution in [0.3, 0.4) is 0 Å². The van der Waals surface area contributed by atoms with Crippen molar-refractivity contribution in [1.29, 1.82) is 0 Å². The minimum Gasteiger partial charge on any atom is -0.507 e. The highest BCUT2D eigenvalue weighted by Gasteiger charge is 2.12. The van der Waals surface area contributed by atoms with Crippen LogP contribution >= 0.6 is 15.9 Å². The van der Waals surface area contributed by atoms with Crippen LogP contribution in [-0.4, -0.2) is 22.3 Å². The van der Waals surface area contributed by atoms with E-state index in [1.807, 2.05) is 13.8 Å². The summed E-state index contributed by atoms with van der Waals surface area (Å²) >= 11 is 3.35. The number of hydrogen-bond acceptors (Lipinski definition) is 5. The zero-order valence-corrected chi connectivity index (χ0v) is 14.3. The molecule has 0 atom stereocenters. The summed E-state index contributed by atoms with van der Waals surface area (Å²) in [6.45, 7) is 3.92. The number of hydrazone groups is 1. The Morgan fingerprint density at radius 3 is 2.48 bits per heavy atom. The molecule has 23 heavy (non-hydrogen) atoms. The minimum absolute atomic E-state index is 0.0334. The molecule has 0 saturated carbocycles. The number of nitro benzene ring substituents is 1. The van der Waals surface area contributed by atoms with Gasteiger partial charge in [0.05, 0.1) is 16.8 Å². The smallest absolute Gasteiger partial charge is 0.269 e. The Morgan fingerprint density at radius 2 is 1.91 bits per heavy atom. The van der Waals surface area contributed by atoms with Gasteiger partial charge in [0.25, 0.3) is 5.69 Å². The number of aromatic hydroxyl groups is 1. The van der Waals surface area contributed by atoms with Gasteiger partial charge in [0.2, 0.25) is 0 Å². The fourth-order valence-corrected chi connectivity index (χ4v) is 2.36. The topological polar surface area (TPSA) is 79.0 Å². The highest BCUT2D eigenvalue weighted by molar-refractivity contribution is 9.10. The van der Waals surface area contributed by atoms with Gasteiger partial charge in [-0.15, -0.1) is 0 Å². The first-order chi connectivity index (χ1) is 10.9. The molecule has 0 aromatic heterocycles. The van der Waals surface area contributed by atoms with E-state index in [0.717, 1.165) is 10.2 Å². The SMILES string of the molecule is CC(C)N(/N=C\c1cc(Br)ccc1O)c1ccc([N+](=O)[O-])cc1. The van der Waals surface area contributed by atoms with Crippen molar-refractivity contribution in [3.8, 4) is 5.75 Å². The summed E-state index contributed by atoms with van der Waals surface area (Å²) in [5, 5.41) is 26.7. The van der Waals surface area contributed by atoms with E-state index in [4.69, 9.17) is 0 Å². The second kappa shape index (κ2) is 7.23. The summed E-state index contributed by atoms with van der Waals surface area (Å²) in [5.41, 5.74) is 1.34. The van der Waals surface area contributed by atoms with Crippen LogP contribution in [0.1, 0.15) is 19.4 Å². The zero-order chi connectivity index (χ0) is 17.0. The predicted molar refractivity (Wildman–Crippen MR) is 94.1 cm³/mol. The van der Waals surface area contributed by atoms with Crippen LogP contribution in [-0.2, 0) is 0 Å². The maximum absolute atomic E-state index is 10.7. The first kappa shape index (κ1) is 17.0. The third kappa shape index (κ3) is 4.29. The van der Waals surface area contributed by atoms with E-state index in [1.165, 1.54) is 12.1 Å². The van der Waals surface area contributed by atoms with E-state index < -0.39 is 4.92 Å². The van der Waals surface area contributed by atoms with Gasteiger partial charge in [0.15, 0.2) is 0 Å². The molecule has 0 amide bonds. The van der Waals surface area contributed by atoms with Crippen LogP contribution in [0.15, 0.2) is 52.0 Å². The molecule has 2 rings (SSSR count). The van der Waals surface area contributed by atoms with Gasteiger partial charge in [-0.1, -0.05) is 15.9 Å². The molecule has 0 spiro atoms. The Bertz CT molecular complexity index is 730. The van der Waals surface area contributed by atoms with Gasteiger partial charge in [0, 0.05) is 28.2 Å². The first-order valence-electron chi connectivity index (χ1n) is 6.94. The number of phenolic OH excluding ortho intramolecular Hbond substituents is 1. The number of phenols is 1. The summed E-state index contributed by atoms with van der Waals surface area (Å²) in [5.74, 6) is 0.129. The van der Waals surface area contributed by atoms with Crippen molar-refractivity contribution in [2.75, 3.05) is 5.01 Å². The number of hydrogen-bond donors (Lipinski definition) is 1. The molecule has 0 fully saturated rings. The second-order valence-electron chi connectivity index (χ2n) is 5.16. The molecular weight excluding hydrogens is 362 g/mol. The van der Waals surface area contributed by atoms with Crippen molar-refractivity contribution in [3.63, 3.8) is 0 Å². The monoisotopic (exact) mass is 377 g/mol. The molecule has 7 heteroatoms. The van der Waals surface area contributed by atoms with Crippen LogP contribution in [0.4, 0.5) is 11.4 Å². The highest BCUT2D eigenvalue weighted by Crippen LogP contribution is 2.23. The number of anilines is 1. The van der Waals surface area contributed by atoms with E-state index >= 15 is 0 Å². The van der Waals surface area contributed by atoms with Crippen LogP contribution < -0.4 is 5.01 Å². The normalized spacial score (nSPS) is 11.1. The lowest BCUT2D eigenvalue weighted by atomic mass is 10.2. The van der Waals surface area contributed by atoms with Crippen molar-refractivity contribution in [2.45, 2.75) is 19.9 Å². The van der Waals surface area contributed by atoms with E-state index in [1.54, 1.807) is 41.6 Å². The van der Waals surface area contributed by atoms with E-state index in [0.29, 0.717) is 5.56 Å². The first-order valence-corrected chi connectivity index (χ1v) is 7.74. The summed E-state index contributed by atoms with van der Waals surface area (Å²) in [4.78, 5) is 10.3. The lowest BCUT2D eigenvalue weighted by Gasteiger charge is -2.23. The van der Waals surface area contributed by atoms with Gasteiger partial charge in [-0.05, 0) is 44.2 Å². The molecule has 6 nitrogen and oxygen atoms in total. The van der Waals surface area contributed by atoms with Crippen molar-refractivity contribution in [1.82, 2.24) is 0 Å². The fraction of sp³-hybridized carbons (Fsp3) is 0.188. The predicted octanol–water partition coefficient (Wildman–Crippen LogP) is 4.31. The Morgan fingerprint density at radius 1 is 1.26 bits per heavy atom. The van der Waals surface area contributed by atoms with Crippen molar-refractivity contribution < 1.29 is 10.0 Å². The van der Waals surface area contributed by atoms with Crippen molar-refractivity contribution in [3.05, 3.63) is 62.6 Å². The van der Waals surface area contributed by atoms with Crippen LogP contribution in [0.25, 0.3) is 0 Å². The molecule has 120 valence electrons. The lowest BCUT2D eigenvalue weighted by Crippen LogP contribution is -2.25. The molecule has 2 aromatic rings. The Kier molecular flexibility index (Phi) is 5.33. The van der Waals surface area contributed by atoms with Gasteiger partial charge < -0.3 is 5.11 Å². The Hall–Kier alpha value is -2.41. The van der Waals surface area contributed by atoms with Gasteiger partial charge in [-0.25, -0.2) is 0 Å². The summed E-state index contributed by atoms with van der Waals surface area (Å²) in [7, 11) is 0. The molecule has 2 aromatic carbocycles. The van der Waals surface area contributed by atoms with E-state index in [-0.39, 0.29) is 17.5 Å². The average molecular weight is 378 g/mol. The minimum atomic E-state index is -0.438. The van der Waals surface area contributed by atoms with Crippen molar-refractivity contribution in [2.24, 2.45) is 5.10 Å². The van der Waals surface area contributed by atoms with Gasteiger partial charge in [-0.2, -0.15) is 5.10 Å². The number of rotatable bonds is 5. The summed E-state index contributed by atoms with van der Waals surface area (Å²) < 4.78 is 0.836. The maximum atomic E-state index is 10.7. The molecule has 0 radical (unpaired) electrons. The van der Waals surface area contributed by atoms with E-state index in [9.17, 15) is 15.2 Å². The van der Waals surface area contributed by atoms with Gasteiger partial charge in [-0.3, -0.25) is 15.1 Å². The third-order valence-electron chi connectivity index (χ3n) is 3.13. The number of nitrogens with zero attached hydrogens (tertiary/aromatic N) is 3. The molecule has 0 aliphatic carbocycles. The number of benzene rings is 2.